The second kappa shape index (κ2) is 4.52. The molecule has 4 heteroatoms. The fourth-order valence-corrected chi connectivity index (χ4v) is 2.97. The third kappa shape index (κ3) is 1.92. The maximum atomic E-state index is 11.2. The Hall–Kier alpha value is -1.71. The van der Waals surface area contributed by atoms with Crippen molar-refractivity contribution in [1.82, 2.24) is 0 Å². The predicted octanol–water partition coefficient (Wildman–Crippen LogP) is 1.36. The van der Waals surface area contributed by atoms with Gasteiger partial charge in [0.2, 0.25) is 5.91 Å². The molecule has 1 aromatic carbocycles. The number of primary amides is 1. The minimum Gasteiger partial charge on any atom is -0.383 e. The first-order valence-electron chi connectivity index (χ1n) is 6.66. The molecule has 18 heavy (non-hydrogen) atoms. The highest BCUT2D eigenvalue weighted by Crippen LogP contribution is 2.35. The minimum absolute atomic E-state index is 0.00412. The van der Waals surface area contributed by atoms with Crippen LogP contribution in [-0.2, 0) is 11.2 Å². The Morgan fingerprint density at radius 2 is 2.33 bits per heavy atom. The van der Waals surface area contributed by atoms with Gasteiger partial charge in [-0.1, -0.05) is 12.1 Å². The number of carbonyl (C=O) groups excluding carboxylic acids is 1. The van der Waals surface area contributed by atoms with Gasteiger partial charge in [0.25, 0.3) is 0 Å². The van der Waals surface area contributed by atoms with E-state index in [2.05, 4.69) is 28.4 Å². The molecule has 96 valence electrons. The van der Waals surface area contributed by atoms with Crippen LogP contribution in [0.15, 0.2) is 18.2 Å². The number of para-hydroxylation sites is 1. The first-order chi connectivity index (χ1) is 8.75. The van der Waals surface area contributed by atoms with Crippen molar-refractivity contribution in [3.63, 3.8) is 0 Å². The summed E-state index contributed by atoms with van der Waals surface area (Å²) < 4.78 is 0. The van der Waals surface area contributed by atoms with Crippen molar-refractivity contribution >= 4 is 17.3 Å². The van der Waals surface area contributed by atoms with Gasteiger partial charge in [-0.05, 0) is 30.9 Å². The zero-order valence-corrected chi connectivity index (χ0v) is 10.5. The highest BCUT2D eigenvalue weighted by Gasteiger charge is 2.28. The monoisotopic (exact) mass is 245 g/mol. The Kier molecular flexibility index (Phi) is 2.86. The summed E-state index contributed by atoms with van der Waals surface area (Å²) in [5, 5.41) is 3.49. The van der Waals surface area contributed by atoms with Crippen LogP contribution in [0.1, 0.15) is 18.4 Å². The zero-order valence-electron chi connectivity index (χ0n) is 10.5. The van der Waals surface area contributed by atoms with Crippen molar-refractivity contribution in [1.29, 1.82) is 0 Å². The maximum absolute atomic E-state index is 11.2. The standard InChI is InChI=1S/C14H19N3O/c15-14(18)11-6-8-17(9-11)12-5-1-3-10-4-2-7-16-13(10)12/h1,3,5,11,16H,2,4,6-9H2,(H2,15,18). The molecular formula is C14H19N3O. The van der Waals surface area contributed by atoms with Gasteiger partial charge in [0.1, 0.15) is 0 Å². The molecule has 1 amide bonds. The lowest BCUT2D eigenvalue weighted by atomic mass is 10.0. The van der Waals surface area contributed by atoms with Gasteiger partial charge in [0, 0.05) is 19.6 Å². The number of nitrogens with one attached hydrogen (secondary N) is 1. The third-order valence-electron chi connectivity index (χ3n) is 3.98. The number of fused-ring (bicyclic) bond motifs is 1. The lowest BCUT2D eigenvalue weighted by Crippen LogP contribution is -2.28. The molecule has 0 saturated carbocycles. The molecule has 0 aliphatic carbocycles. The molecule has 0 spiro atoms. The number of nitrogens with zero attached hydrogens (tertiary/aromatic N) is 1. The van der Waals surface area contributed by atoms with Gasteiger partial charge in [-0.3, -0.25) is 4.79 Å². The van der Waals surface area contributed by atoms with E-state index >= 15 is 0 Å². The minimum atomic E-state index is -0.171. The molecule has 4 nitrogen and oxygen atoms in total. The lowest BCUT2D eigenvalue weighted by Gasteiger charge is -2.27. The number of anilines is 2. The van der Waals surface area contributed by atoms with Crippen molar-refractivity contribution in [2.45, 2.75) is 19.3 Å². The second-order valence-corrected chi connectivity index (χ2v) is 5.18. The summed E-state index contributed by atoms with van der Waals surface area (Å²) >= 11 is 0. The molecule has 1 atom stereocenters. The molecule has 3 N–H and O–H groups in total. The van der Waals surface area contributed by atoms with E-state index in [9.17, 15) is 4.79 Å². The van der Waals surface area contributed by atoms with Crippen molar-refractivity contribution in [2.24, 2.45) is 11.7 Å². The van der Waals surface area contributed by atoms with Gasteiger partial charge in [0.05, 0.1) is 17.3 Å². The highest BCUT2D eigenvalue weighted by atomic mass is 16.1. The third-order valence-corrected chi connectivity index (χ3v) is 3.98. The summed E-state index contributed by atoms with van der Waals surface area (Å²) in [5.74, 6) is -0.167. The van der Waals surface area contributed by atoms with Crippen LogP contribution in [0, 0.1) is 5.92 Å². The van der Waals surface area contributed by atoms with Crippen molar-refractivity contribution < 1.29 is 4.79 Å². The van der Waals surface area contributed by atoms with E-state index in [1.165, 1.54) is 23.4 Å². The van der Waals surface area contributed by atoms with E-state index in [0.717, 1.165) is 32.5 Å². The van der Waals surface area contributed by atoms with Gasteiger partial charge in [-0.15, -0.1) is 0 Å². The summed E-state index contributed by atoms with van der Waals surface area (Å²) in [5.41, 5.74) is 9.28. The number of nitrogens with two attached hydrogens (primary N) is 1. The highest BCUT2D eigenvalue weighted by molar-refractivity contribution is 5.80. The Balaban J connectivity index is 1.87. The summed E-state index contributed by atoms with van der Waals surface area (Å²) in [6.45, 7) is 2.72. The largest absolute Gasteiger partial charge is 0.383 e. The number of hydrogen-bond acceptors (Lipinski definition) is 3. The van der Waals surface area contributed by atoms with E-state index in [4.69, 9.17) is 5.73 Å². The molecule has 1 fully saturated rings. The van der Waals surface area contributed by atoms with Crippen molar-refractivity contribution in [3.05, 3.63) is 23.8 Å². The second-order valence-electron chi connectivity index (χ2n) is 5.18. The molecule has 3 rings (SSSR count). The number of benzene rings is 1. The average molecular weight is 245 g/mol. The van der Waals surface area contributed by atoms with Crippen LogP contribution in [0.4, 0.5) is 11.4 Å². The summed E-state index contributed by atoms with van der Waals surface area (Å²) in [7, 11) is 0. The van der Waals surface area contributed by atoms with Gasteiger partial charge in [-0.25, -0.2) is 0 Å². The first kappa shape index (κ1) is 11.4. The SMILES string of the molecule is NC(=O)C1CCN(c2cccc3c2NCCC3)C1. The van der Waals surface area contributed by atoms with Crippen LogP contribution in [-0.4, -0.2) is 25.5 Å². The number of rotatable bonds is 2. The molecule has 1 unspecified atom stereocenters. The summed E-state index contributed by atoms with van der Waals surface area (Å²) in [6, 6.07) is 6.44. The maximum Gasteiger partial charge on any atom is 0.222 e. The Bertz CT molecular complexity index is 472. The Morgan fingerprint density at radius 3 is 3.11 bits per heavy atom. The Labute approximate surface area is 107 Å². The quantitative estimate of drug-likeness (QED) is 0.827. The van der Waals surface area contributed by atoms with Crippen molar-refractivity contribution in [2.75, 3.05) is 29.9 Å². The Morgan fingerprint density at radius 1 is 1.44 bits per heavy atom. The summed E-state index contributed by atoms with van der Waals surface area (Å²) in [4.78, 5) is 13.5. The number of carbonyl (C=O) groups is 1. The van der Waals surface area contributed by atoms with Gasteiger partial charge in [0.15, 0.2) is 0 Å². The summed E-state index contributed by atoms with van der Waals surface area (Å²) in [6.07, 6.45) is 3.21. The van der Waals surface area contributed by atoms with Crippen LogP contribution in [0.25, 0.3) is 0 Å². The average Bonchev–Trinajstić information content (AvgIpc) is 2.87. The fraction of sp³-hybridized carbons (Fsp3) is 0.500. The van der Waals surface area contributed by atoms with E-state index in [1.807, 2.05) is 0 Å². The van der Waals surface area contributed by atoms with E-state index < -0.39 is 0 Å². The normalized spacial score (nSPS) is 22.4. The van der Waals surface area contributed by atoms with Crippen LogP contribution < -0.4 is 16.0 Å². The lowest BCUT2D eigenvalue weighted by molar-refractivity contribution is -0.121. The molecule has 1 aromatic rings. The van der Waals surface area contributed by atoms with Crippen LogP contribution >= 0.6 is 0 Å². The molecule has 2 aliphatic heterocycles. The van der Waals surface area contributed by atoms with Gasteiger partial charge in [-0.2, -0.15) is 0 Å². The van der Waals surface area contributed by atoms with Crippen LogP contribution in [0.3, 0.4) is 0 Å². The number of hydrogen-bond donors (Lipinski definition) is 2. The van der Waals surface area contributed by atoms with Gasteiger partial charge < -0.3 is 16.0 Å². The molecule has 0 aromatic heterocycles. The predicted molar refractivity (Wildman–Crippen MR) is 72.8 cm³/mol. The topological polar surface area (TPSA) is 58.4 Å². The first-order valence-corrected chi connectivity index (χ1v) is 6.66. The van der Waals surface area contributed by atoms with E-state index in [0.29, 0.717) is 0 Å². The smallest absolute Gasteiger partial charge is 0.222 e. The number of aryl methyl sites for hydroxylation is 1. The molecular weight excluding hydrogens is 226 g/mol. The molecule has 0 bridgehead atoms. The van der Waals surface area contributed by atoms with Crippen LogP contribution in [0.2, 0.25) is 0 Å². The number of amides is 1. The zero-order chi connectivity index (χ0) is 12.5. The fourth-order valence-electron chi connectivity index (χ4n) is 2.97. The van der Waals surface area contributed by atoms with E-state index in [-0.39, 0.29) is 11.8 Å². The van der Waals surface area contributed by atoms with Crippen molar-refractivity contribution in [3.8, 4) is 0 Å². The van der Waals surface area contributed by atoms with Gasteiger partial charge >= 0.3 is 0 Å². The molecule has 2 heterocycles. The van der Waals surface area contributed by atoms with Crippen LogP contribution in [0.5, 0.6) is 0 Å². The van der Waals surface area contributed by atoms with E-state index in [1.54, 1.807) is 0 Å². The molecule has 1 saturated heterocycles. The molecule has 0 radical (unpaired) electrons. The molecule has 2 aliphatic rings.